The van der Waals surface area contributed by atoms with Crippen molar-refractivity contribution >= 4 is 29.1 Å². The molecule has 3 atom stereocenters. The molecule has 0 aliphatic heterocycles. The van der Waals surface area contributed by atoms with Gasteiger partial charge in [0, 0.05) is 21.5 Å². The molecular formula is C27H27Cl2N3O. The molecule has 33 heavy (non-hydrogen) atoms. The van der Waals surface area contributed by atoms with E-state index in [1.165, 1.54) is 43.4 Å². The van der Waals surface area contributed by atoms with Crippen molar-refractivity contribution in [3.05, 3.63) is 81.1 Å². The zero-order valence-electron chi connectivity index (χ0n) is 18.6. The van der Waals surface area contributed by atoms with E-state index in [0.717, 1.165) is 23.1 Å². The van der Waals surface area contributed by atoms with Crippen molar-refractivity contribution in [2.45, 2.75) is 56.9 Å². The molecule has 4 aliphatic rings. The van der Waals surface area contributed by atoms with Crippen molar-refractivity contribution in [1.29, 1.82) is 0 Å². The molecule has 4 nitrogen and oxygen atoms in total. The molecular weight excluding hydrogens is 453 g/mol. The van der Waals surface area contributed by atoms with E-state index in [0.29, 0.717) is 27.6 Å². The first-order valence-electron chi connectivity index (χ1n) is 11.9. The van der Waals surface area contributed by atoms with E-state index in [1.54, 1.807) is 0 Å². The van der Waals surface area contributed by atoms with E-state index in [4.69, 9.17) is 28.3 Å². The molecule has 3 unspecified atom stereocenters. The molecule has 6 heteroatoms. The highest BCUT2D eigenvalue weighted by atomic mass is 35.5. The van der Waals surface area contributed by atoms with E-state index in [2.05, 4.69) is 5.32 Å². The Morgan fingerprint density at radius 2 is 1.64 bits per heavy atom. The standard InChI is InChI=1S/C27H27Cl2N3O/c1-15(22-4-2-3-5-23(22)29)30-27(33)25-24-18-11-16-10-17(12-18)14-19(13-16)26(24)32(31-25)21-8-6-20(28)7-9-21/h2-9,15-19H,10-14H2,1H3,(H,30,33). The Morgan fingerprint density at radius 3 is 2.33 bits per heavy atom. The van der Waals surface area contributed by atoms with Crippen molar-refractivity contribution in [2.75, 3.05) is 0 Å². The minimum Gasteiger partial charge on any atom is -0.344 e. The molecule has 1 heterocycles. The largest absolute Gasteiger partial charge is 0.344 e. The van der Waals surface area contributed by atoms with Crippen LogP contribution < -0.4 is 5.32 Å². The van der Waals surface area contributed by atoms with Gasteiger partial charge in [0.05, 0.1) is 17.4 Å². The van der Waals surface area contributed by atoms with Crippen LogP contribution in [0.5, 0.6) is 0 Å². The van der Waals surface area contributed by atoms with Gasteiger partial charge in [0.15, 0.2) is 5.69 Å². The Kier molecular flexibility index (Phi) is 5.26. The van der Waals surface area contributed by atoms with Crippen molar-refractivity contribution in [3.63, 3.8) is 0 Å². The topological polar surface area (TPSA) is 46.9 Å². The summed E-state index contributed by atoms with van der Waals surface area (Å²) in [5.41, 5.74) is 4.90. The SMILES string of the molecule is CC(NC(=O)c1nn(-c2ccc(Cl)cc2)c2c1C1CC3CC(C1)CC2C3)c1ccccc1Cl. The number of carbonyl (C=O) groups excluding carboxylic acids is 1. The molecule has 1 amide bonds. The van der Waals surface area contributed by atoms with Crippen molar-refractivity contribution < 1.29 is 4.79 Å². The molecule has 4 bridgehead atoms. The smallest absolute Gasteiger partial charge is 0.272 e. The monoisotopic (exact) mass is 479 g/mol. The average molecular weight is 480 g/mol. The molecule has 0 spiro atoms. The summed E-state index contributed by atoms with van der Waals surface area (Å²) in [5, 5.41) is 9.49. The molecule has 1 aromatic heterocycles. The van der Waals surface area contributed by atoms with Gasteiger partial charge in [-0.05, 0) is 92.7 Å². The fraction of sp³-hybridized carbons (Fsp3) is 0.407. The number of carbonyl (C=O) groups is 1. The minimum absolute atomic E-state index is 0.118. The summed E-state index contributed by atoms with van der Waals surface area (Å²) in [7, 11) is 0. The fourth-order valence-corrected chi connectivity index (χ4v) is 7.09. The fourth-order valence-electron chi connectivity index (χ4n) is 6.66. The lowest BCUT2D eigenvalue weighted by Crippen LogP contribution is -2.30. The first kappa shape index (κ1) is 21.2. The van der Waals surface area contributed by atoms with Crippen LogP contribution in [0.1, 0.15) is 84.2 Å². The summed E-state index contributed by atoms with van der Waals surface area (Å²) < 4.78 is 2.04. The van der Waals surface area contributed by atoms with Crippen molar-refractivity contribution in [1.82, 2.24) is 15.1 Å². The third-order valence-corrected chi connectivity index (χ3v) is 8.49. The van der Waals surface area contributed by atoms with Gasteiger partial charge in [0.25, 0.3) is 5.91 Å². The van der Waals surface area contributed by atoms with E-state index < -0.39 is 0 Å². The molecule has 3 aromatic rings. The van der Waals surface area contributed by atoms with Gasteiger partial charge in [0.1, 0.15) is 0 Å². The van der Waals surface area contributed by atoms with Gasteiger partial charge >= 0.3 is 0 Å². The number of aromatic nitrogens is 2. The molecule has 2 fully saturated rings. The molecule has 2 saturated carbocycles. The Balaban J connectivity index is 1.44. The van der Waals surface area contributed by atoms with Crippen molar-refractivity contribution in [2.24, 2.45) is 11.8 Å². The van der Waals surface area contributed by atoms with Gasteiger partial charge in [-0.15, -0.1) is 0 Å². The maximum atomic E-state index is 13.7. The Hall–Kier alpha value is -2.30. The van der Waals surface area contributed by atoms with Crippen molar-refractivity contribution in [3.8, 4) is 5.69 Å². The maximum Gasteiger partial charge on any atom is 0.272 e. The summed E-state index contributed by atoms with van der Waals surface area (Å²) in [5.74, 6) is 2.27. The zero-order chi connectivity index (χ0) is 22.7. The highest BCUT2D eigenvalue weighted by Gasteiger charge is 2.46. The van der Waals surface area contributed by atoms with Gasteiger partial charge in [-0.25, -0.2) is 4.68 Å². The summed E-state index contributed by atoms with van der Waals surface area (Å²) in [6.45, 7) is 1.97. The van der Waals surface area contributed by atoms with Gasteiger partial charge in [0.2, 0.25) is 0 Å². The molecule has 1 N–H and O–H groups in total. The van der Waals surface area contributed by atoms with E-state index in [9.17, 15) is 4.79 Å². The Labute approximate surface area is 204 Å². The molecule has 0 radical (unpaired) electrons. The third kappa shape index (κ3) is 3.68. The highest BCUT2D eigenvalue weighted by Crippen LogP contribution is 2.57. The second kappa shape index (κ2) is 8.18. The molecule has 0 saturated heterocycles. The summed E-state index contributed by atoms with van der Waals surface area (Å²) in [6.07, 6.45) is 6.10. The van der Waals surface area contributed by atoms with Crippen LogP contribution in [-0.4, -0.2) is 15.7 Å². The first-order valence-corrected chi connectivity index (χ1v) is 12.7. The second-order valence-corrected chi connectivity index (χ2v) is 10.9. The lowest BCUT2D eigenvalue weighted by atomic mass is 9.67. The predicted octanol–water partition coefficient (Wildman–Crippen LogP) is 7.06. The van der Waals surface area contributed by atoms with E-state index in [1.807, 2.05) is 60.1 Å². The number of hydrogen-bond acceptors (Lipinski definition) is 2. The summed E-state index contributed by atoms with van der Waals surface area (Å²) in [6, 6.07) is 15.2. The van der Waals surface area contributed by atoms with Gasteiger partial charge in [-0.1, -0.05) is 41.4 Å². The number of nitrogens with one attached hydrogen (secondary N) is 1. The molecule has 2 aromatic carbocycles. The van der Waals surface area contributed by atoms with Crippen LogP contribution in [0.15, 0.2) is 48.5 Å². The third-order valence-electron chi connectivity index (χ3n) is 7.90. The molecule has 4 aliphatic carbocycles. The number of nitrogens with zero attached hydrogens (tertiary/aromatic N) is 2. The van der Waals surface area contributed by atoms with Crippen LogP contribution in [0.3, 0.4) is 0 Å². The minimum atomic E-state index is -0.207. The van der Waals surface area contributed by atoms with Crippen LogP contribution >= 0.6 is 23.2 Å². The first-order chi connectivity index (χ1) is 16.0. The zero-order valence-corrected chi connectivity index (χ0v) is 20.1. The summed E-state index contributed by atoms with van der Waals surface area (Å²) >= 11 is 12.6. The van der Waals surface area contributed by atoms with E-state index >= 15 is 0 Å². The van der Waals surface area contributed by atoms with Gasteiger partial charge < -0.3 is 5.32 Å². The van der Waals surface area contributed by atoms with Crippen LogP contribution in [-0.2, 0) is 0 Å². The van der Waals surface area contributed by atoms with Gasteiger partial charge in [-0.3, -0.25) is 4.79 Å². The van der Waals surface area contributed by atoms with Gasteiger partial charge in [-0.2, -0.15) is 5.10 Å². The molecule has 170 valence electrons. The number of rotatable bonds is 4. The normalized spacial score (nSPS) is 26.0. The number of hydrogen-bond donors (Lipinski definition) is 1. The Bertz CT molecular complexity index is 1200. The van der Waals surface area contributed by atoms with Crippen LogP contribution in [0, 0.1) is 11.8 Å². The lowest BCUT2D eigenvalue weighted by Gasteiger charge is -2.38. The lowest BCUT2D eigenvalue weighted by molar-refractivity contribution is 0.0931. The quantitative estimate of drug-likeness (QED) is 0.435. The van der Waals surface area contributed by atoms with E-state index in [-0.39, 0.29) is 11.9 Å². The van der Waals surface area contributed by atoms with Crippen LogP contribution in [0.25, 0.3) is 5.69 Å². The number of halogens is 2. The van der Waals surface area contributed by atoms with Crippen LogP contribution in [0.4, 0.5) is 0 Å². The summed E-state index contributed by atoms with van der Waals surface area (Å²) in [4.78, 5) is 13.7. The maximum absolute atomic E-state index is 13.7. The number of benzene rings is 2. The second-order valence-electron chi connectivity index (χ2n) is 10.1. The predicted molar refractivity (Wildman–Crippen MR) is 131 cm³/mol. The average Bonchev–Trinajstić information content (AvgIpc) is 3.11. The molecule has 7 rings (SSSR count). The highest BCUT2D eigenvalue weighted by molar-refractivity contribution is 6.31. The number of amides is 1. The Morgan fingerprint density at radius 1 is 0.970 bits per heavy atom. The van der Waals surface area contributed by atoms with Crippen LogP contribution in [0.2, 0.25) is 10.0 Å².